The maximum Gasteiger partial charge on any atom is 0.271 e. The summed E-state index contributed by atoms with van der Waals surface area (Å²) in [5, 5.41) is 2.92. The fraction of sp³-hybridized carbons (Fsp3) is 0.571. The standard InChI is InChI=1S/C14H18N4O3/c1-9(19)18-8-11(13-12(18)3-2-6-21-13)17-14(20)10-7-15-4-5-16-10/h4-5,7,11-13H,2-3,6,8H2,1H3,(H,17,20)/t11-,12+,13+/m1/s1. The smallest absolute Gasteiger partial charge is 0.271 e. The average molecular weight is 290 g/mol. The van der Waals surface area contributed by atoms with Gasteiger partial charge in [-0.15, -0.1) is 0 Å². The molecule has 0 aromatic carbocycles. The van der Waals surface area contributed by atoms with Crippen LogP contribution in [0.25, 0.3) is 0 Å². The van der Waals surface area contributed by atoms with Crippen molar-refractivity contribution in [3.05, 3.63) is 24.3 Å². The van der Waals surface area contributed by atoms with Crippen LogP contribution in [0.2, 0.25) is 0 Å². The SMILES string of the molecule is CC(=O)N1C[C@@H](NC(=O)c2cnccn2)[C@@H]2OCCC[C@@H]21. The summed E-state index contributed by atoms with van der Waals surface area (Å²) in [4.78, 5) is 33.6. The van der Waals surface area contributed by atoms with Crippen LogP contribution in [0.15, 0.2) is 18.6 Å². The normalized spacial score (nSPS) is 28.0. The first kappa shape index (κ1) is 13.9. The predicted molar refractivity (Wildman–Crippen MR) is 73.4 cm³/mol. The molecular formula is C14H18N4O3. The van der Waals surface area contributed by atoms with Crippen LogP contribution in [0.1, 0.15) is 30.3 Å². The van der Waals surface area contributed by atoms with Crippen molar-refractivity contribution in [3.63, 3.8) is 0 Å². The van der Waals surface area contributed by atoms with Crippen molar-refractivity contribution in [1.29, 1.82) is 0 Å². The van der Waals surface area contributed by atoms with Crippen molar-refractivity contribution >= 4 is 11.8 Å². The Kier molecular flexibility index (Phi) is 3.83. The number of ether oxygens (including phenoxy) is 1. The van der Waals surface area contributed by atoms with Gasteiger partial charge in [-0.1, -0.05) is 0 Å². The molecule has 3 heterocycles. The van der Waals surface area contributed by atoms with E-state index in [1.165, 1.54) is 18.6 Å². The lowest BCUT2D eigenvalue weighted by atomic mass is 10.0. The number of likely N-dealkylation sites (tertiary alicyclic amines) is 1. The number of carbonyl (C=O) groups is 2. The Hall–Kier alpha value is -2.02. The van der Waals surface area contributed by atoms with Crippen LogP contribution in [0.4, 0.5) is 0 Å². The van der Waals surface area contributed by atoms with Gasteiger partial charge < -0.3 is 15.0 Å². The summed E-state index contributed by atoms with van der Waals surface area (Å²) < 4.78 is 5.79. The molecule has 7 heteroatoms. The molecule has 0 saturated carbocycles. The van der Waals surface area contributed by atoms with E-state index in [2.05, 4.69) is 15.3 Å². The second kappa shape index (κ2) is 5.77. The molecule has 21 heavy (non-hydrogen) atoms. The molecule has 2 aliphatic rings. The zero-order valence-corrected chi connectivity index (χ0v) is 11.9. The van der Waals surface area contributed by atoms with Gasteiger partial charge in [0.1, 0.15) is 5.69 Å². The van der Waals surface area contributed by atoms with Gasteiger partial charge >= 0.3 is 0 Å². The van der Waals surface area contributed by atoms with Gasteiger partial charge in [0, 0.05) is 32.5 Å². The van der Waals surface area contributed by atoms with Crippen molar-refractivity contribution in [2.75, 3.05) is 13.2 Å². The van der Waals surface area contributed by atoms with E-state index >= 15 is 0 Å². The number of hydrogen-bond acceptors (Lipinski definition) is 5. The zero-order chi connectivity index (χ0) is 14.8. The van der Waals surface area contributed by atoms with Crippen molar-refractivity contribution in [3.8, 4) is 0 Å². The lowest BCUT2D eigenvalue weighted by Crippen LogP contribution is -2.47. The number of carbonyl (C=O) groups excluding carboxylic acids is 2. The summed E-state index contributed by atoms with van der Waals surface area (Å²) in [5.41, 5.74) is 0.270. The van der Waals surface area contributed by atoms with Crippen LogP contribution in [0.5, 0.6) is 0 Å². The zero-order valence-electron chi connectivity index (χ0n) is 11.9. The quantitative estimate of drug-likeness (QED) is 0.828. The van der Waals surface area contributed by atoms with Crippen LogP contribution in [0.3, 0.4) is 0 Å². The van der Waals surface area contributed by atoms with Crippen LogP contribution >= 0.6 is 0 Å². The van der Waals surface area contributed by atoms with E-state index < -0.39 is 0 Å². The Labute approximate surface area is 122 Å². The number of hydrogen-bond donors (Lipinski definition) is 1. The Balaban J connectivity index is 1.73. The maximum absolute atomic E-state index is 12.2. The Morgan fingerprint density at radius 2 is 2.29 bits per heavy atom. The Bertz CT molecular complexity index is 536. The number of amides is 2. The molecule has 0 aliphatic carbocycles. The van der Waals surface area contributed by atoms with Gasteiger partial charge in [0.2, 0.25) is 5.91 Å². The van der Waals surface area contributed by atoms with Gasteiger partial charge in [-0.2, -0.15) is 0 Å². The first-order chi connectivity index (χ1) is 10.2. The third-order valence-corrected chi connectivity index (χ3v) is 4.04. The van der Waals surface area contributed by atoms with Crippen molar-refractivity contribution in [2.45, 2.75) is 38.0 Å². The van der Waals surface area contributed by atoms with Gasteiger partial charge in [0.15, 0.2) is 0 Å². The molecule has 3 atom stereocenters. The fourth-order valence-electron chi connectivity index (χ4n) is 3.10. The van der Waals surface area contributed by atoms with Gasteiger partial charge in [-0.05, 0) is 12.8 Å². The molecule has 2 saturated heterocycles. The Morgan fingerprint density at radius 3 is 3.00 bits per heavy atom. The molecule has 0 spiro atoms. The minimum atomic E-state index is -0.286. The third kappa shape index (κ3) is 2.73. The predicted octanol–water partition coefficient (Wildman–Crippen LogP) is -0.0153. The molecule has 0 bridgehead atoms. The fourth-order valence-corrected chi connectivity index (χ4v) is 3.10. The number of fused-ring (bicyclic) bond motifs is 1. The van der Waals surface area contributed by atoms with Crippen molar-refractivity contribution in [2.24, 2.45) is 0 Å². The lowest BCUT2D eigenvalue weighted by Gasteiger charge is -2.31. The topological polar surface area (TPSA) is 84.4 Å². The van der Waals surface area contributed by atoms with Gasteiger partial charge in [-0.25, -0.2) is 4.98 Å². The van der Waals surface area contributed by atoms with Crippen LogP contribution in [-0.2, 0) is 9.53 Å². The third-order valence-electron chi connectivity index (χ3n) is 4.04. The van der Waals surface area contributed by atoms with Crippen LogP contribution in [0, 0.1) is 0 Å². The molecule has 112 valence electrons. The minimum absolute atomic E-state index is 0.0201. The molecule has 2 amide bonds. The Morgan fingerprint density at radius 1 is 1.43 bits per heavy atom. The second-order valence-corrected chi connectivity index (χ2v) is 5.39. The lowest BCUT2D eigenvalue weighted by molar-refractivity contribution is -0.132. The van der Waals surface area contributed by atoms with E-state index in [0.717, 1.165) is 12.8 Å². The van der Waals surface area contributed by atoms with E-state index in [1.54, 1.807) is 11.8 Å². The molecule has 2 fully saturated rings. The van der Waals surface area contributed by atoms with Crippen LogP contribution < -0.4 is 5.32 Å². The molecule has 0 unspecified atom stereocenters. The van der Waals surface area contributed by atoms with Gasteiger partial charge in [0.05, 0.1) is 24.4 Å². The minimum Gasteiger partial charge on any atom is -0.374 e. The molecule has 0 radical (unpaired) electrons. The summed E-state index contributed by atoms with van der Waals surface area (Å²) in [6.45, 7) is 2.71. The highest BCUT2D eigenvalue weighted by Crippen LogP contribution is 2.29. The van der Waals surface area contributed by atoms with Crippen molar-refractivity contribution in [1.82, 2.24) is 20.2 Å². The average Bonchev–Trinajstić information content (AvgIpc) is 2.87. The summed E-state index contributed by atoms with van der Waals surface area (Å²) in [6, 6.07) is -0.142. The largest absolute Gasteiger partial charge is 0.374 e. The summed E-state index contributed by atoms with van der Waals surface area (Å²) >= 11 is 0. The maximum atomic E-state index is 12.2. The molecule has 2 aliphatic heterocycles. The molecule has 3 rings (SSSR count). The number of rotatable bonds is 2. The number of nitrogens with one attached hydrogen (secondary N) is 1. The highest BCUT2D eigenvalue weighted by Gasteiger charge is 2.45. The summed E-state index contributed by atoms with van der Waals surface area (Å²) in [5.74, 6) is -0.266. The van der Waals surface area contributed by atoms with E-state index in [1.807, 2.05) is 0 Å². The molecular weight excluding hydrogens is 272 g/mol. The first-order valence-electron chi connectivity index (χ1n) is 7.12. The molecule has 1 aromatic rings. The van der Waals surface area contributed by atoms with E-state index in [9.17, 15) is 9.59 Å². The highest BCUT2D eigenvalue weighted by atomic mass is 16.5. The van der Waals surface area contributed by atoms with Gasteiger partial charge in [-0.3, -0.25) is 14.6 Å². The van der Waals surface area contributed by atoms with E-state index in [-0.39, 0.29) is 35.7 Å². The van der Waals surface area contributed by atoms with E-state index in [4.69, 9.17) is 4.74 Å². The summed E-state index contributed by atoms with van der Waals surface area (Å²) in [6.07, 6.45) is 6.14. The highest BCUT2D eigenvalue weighted by molar-refractivity contribution is 5.92. The number of nitrogens with zero attached hydrogens (tertiary/aromatic N) is 3. The monoisotopic (exact) mass is 290 g/mol. The van der Waals surface area contributed by atoms with Crippen molar-refractivity contribution < 1.29 is 14.3 Å². The molecule has 7 nitrogen and oxygen atoms in total. The van der Waals surface area contributed by atoms with Gasteiger partial charge in [0.25, 0.3) is 5.91 Å². The van der Waals surface area contributed by atoms with E-state index in [0.29, 0.717) is 13.2 Å². The van der Waals surface area contributed by atoms with Crippen LogP contribution in [-0.4, -0.2) is 58.0 Å². The first-order valence-corrected chi connectivity index (χ1v) is 7.12. The molecule has 1 N–H and O–H groups in total. The molecule has 1 aromatic heterocycles. The second-order valence-electron chi connectivity index (χ2n) is 5.39. The number of aromatic nitrogens is 2. The summed E-state index contributed by atoms with van der Waals surface area (Å²) in [7, 11) is 0.